The summed E-state index contributed by atoms with van der Waals surface area (Å²) in [6, 6.07) is 9.51. The molecule has 4 aromatic rings. The third kappa shape index (κ3) is 10.4. The molecule has 1 atom stereocenters. The number of nitrogens with one attached hydrogen (secondary N) is 2. The van der Waals surface area contributed by atoms with E-state index in [-0.39, 0.29) is 53.6 Å². The number of nitrogens with zero attached hydrogens (tertiary/aromatic N) is 7. The Morgan fingerprint density at radius 1 is 0.897 bits per heavy atom. The van der Waals surface area contributed by atoms with Gasteiger partial charge >= 0.3 is 12.2 Å². The minimum absolute atomic E-state index is 0.0158. The van der Waals surface area contributed by atoms with Gasteiger partial charge < -0.3 is 20.9 Å². The minimum atomic E-state index is -4.52. The maximum atomic E-state index is 13.8. The molecular formula is C50H60ClF3N10O4. The standard InChI is InChI=1S/C50H60ClF3N10O4/c1-30(36-23-37(50(52,53)54)26-38(55)24-36)57-45-39-27-41(56-28-42(39)58-31(2)59-45)33-3-5-34(6-4-33)46(66)63-21-19-61(20-22-63)29-32-9-12-49(13-10-32)14-17-62(18-15-49)47(67)35-7-8-40(51)43(25-35)64-16-11-44(65)60-48(64)68/h7-8,23-28,30,32-34H,3-6,9-22,29,55H2,1-2H3,(H,57,58,59)(H,60,65,68)/t30-,33?,34?/m1/s1. The Kier molecular flexibility index (Phi) is 13.6. The predicted molar refractivity (Wildman–Crippen MR) is 254 cm³/mol. The molecule has 2 aliphatic carbocycles. The summed E-state index contributed by atoms with van der Waals surface area (Å²) in [7, 11) is 0. The van der Waals surface area contributed by atoms with Crippen molar-refractivity contribution in [2.75, 3.05) is 68.3 Å². The first-order valence-corrected chi connectivity index (χ1v) is 24.5. The van der Waals surface area contributed by atoms with E-state index in [0.717, 1.165) is 107 Å². The molecule has 0 bridgehead atoms. The van der Waals surface area contributed by atoms with Gasteiger partial charge in [0.15, 0.2) is 0 Å². The summed E-state index contributed by atoms with van der Waals surface area (Å²) < 4.78 is 40.7. The number of carbonyl (C=O) groups excluding carboxylic acids is 4. The molecule has 18 heteroatoms. The van der Waals surface area contributed by atoms with Crippen molar-refractivity contribution in [3.63, 3.8) is 0 Å². The van der Waals surface area contributed by atoms with E-state index in [0.29, 0.717) is 58.0 Å². The van der Waals surface area contributed by atoms with E-state index in [1.54, 1.807) is 38.2 Å². The molecule has 5 amide bonds. The second kappa shape index (κ2) is 19.4. The molecular weight excluding hydrogens is 897 g/mol. The minimum Gasteiger partial charge on any atom is -0.399 e. The van der Waals surface area contributed by atoms with Gasteiger partial charge in [-0.15, -0.1) is 0 Å². The number of hydrogen-bond donors (Lipinski definition) is 3. The number of benzene rings is 2. The molecule has 362 valence electrons. The summed E-state index contributed by atoms with van der Waals surface area (Å²) in [5, 5.41) is 6.72. The van der Waals surface area contributed by atoms with Crippen LogP contribution >= 0.6 is 11.6 Å². The molecule has 68 heavy (non-hydrogen) atoms. The van der Waals surface area contributed by atoms with Gasteiger partial charge in [-0.2, -0.15) is 13.2 Å². The van der Waals surface area contributed by atoms with Gasteiger partial charge in [0, 0.05) is 92.9 Å². The van der Waals surface area contributed by atoms with Crippen molar-refractivity contribution < 1.29 is 32.3 Å². The molecule has 0 unspecified atom stereocenters. The van der Waals surface area contributed by atoms with Crippen LogP contribution in [0.5, 0.6) is 0 Å². The highest BCUT2D eigenvalue weighted by Crippen LogP contribution is 2.47. The Hall–Kier alpha value is -5.55. The average Bonchev–Trinajstić information content (AvgIpc) is 3.32. The number of aromatic nitrogens is 3. The fourth-order valence-electron chi connectivity index (χ4n) is 11.3. The van der Waals surface area contributed by atoms with Gasteiger partial charge in [-0.3, -0.25) is 34.5 Å². The first-order chi connectivity index (χ1) is 32.5. The van der Waals surface area contributed by atoms with Crippen molar-refractivity contribution in [2.45, 2.75) is 103 Å². The molecule has 1 spiro atoms. The number of halogens is 4. The number of imide groups is 1. The number of hydrogen-bond acceptors (Lipinski definition) is 10. The first kappa shape index (κ1) is 47.5. The second-order valence-corrected chi connectivity index (χ2v) is 20.2. The molecule has 3 aliphatic heterocycles. The fraction of sp³-hybridized carbons (Fsp3) is 0.540. The molecule has 9 rings (SSSR count). The van der Waals surface area contributed by atoms with Crippen LogP contribution in [0.2, 0.25) is 5.02 Å². The zero-order valence-corrected chi connectivity index (χ0v) is 39.5. The average molecular weight is 958 g/mol. The van der Waals surface area contributed by atoms with Crippen LogP contribution in [0.1, 0.15) is 123 Å². The highest BCUT2D eigenvalue weighted by Gasteiger charge is 2.40. The molecule has 2 saturated carbocycles. The lowest BCUT2D eigenvalue weighted by Crippen LogP contribution is -2.52. The van der Waals surface area contributed by atoms with E-state index in [1.807, 2.05) is 11.0 Å². The molecule has 2 aromatic heterocycles. The number of fused-ring (bicyclic) bond motifs is 1. The second-order valence-electron chi connectivity index (χ2n) is 19.8. The van der Waals surface area contributed by atoms with Gasteiger partial charge in [0.1, 0.15) is 11.6 Å². The van der Waals surface area contributed by atoms with Crippen LogP contribution in [0.3, 0.4) is 0 Å². The Morgan fingerprint density at radius 3 is 2.31 bits per heavy atom. The summed E-state index contributed by atoms with van der Waals surface area (Å²) in [4.78, 5) is 73.6. The zero-order chi connectivity index (χ0) is 47.9. The number of aryl methyl sites for hydroxylation is 1. The van der Waals surface area contributed by atoms with Crippen LogP contribution in [-0.2, 0) is 15.8 Å². The molecule has 4 N–H and O–H groups in total. The number of pyridine rings is 1. The van der Waals surface area contributed by atoms with Gasteiger partial charge in [-0.1, -0.05) is 11.6 Å². The lowest BCUT2D eigenvalue weighted by Gasteiger charge is -2.47. The van der Waals surface area contributed by atoms with Crippen molar-refractivity contribution in [3.8, 4) is 0 Å². The summed E-state index contributed by atoms with van der Waals surface area (Å²) in [5.41, 5.74) is 8.20. The number of anilines is 3. The van der Waals surface area contributed by atoms with Gasteiger partial charge in [0.2, 0.25) is 11.8 Å². The topological polar surface area (TPSA) is 170 Å². The Labute approximate surface area is 399 Å². The quantitative estimate of drug-likeness (QED) is 0.138. The van der Waals surface area contributed by atoms with Gasteiger partial charge in [0.05, 0.1) is 34.0 Å². The van der Waals surface area contributed by atoms with Crippen LogP contribution in [-0.4, -0.2) is 106 Å². The number of nitrogens with two attached hydrogens (primary N) is 1. The Balaban J connectivity index is 0.717. The van der Waals surface area contributed by atoms with Crippen molar-refractivity contribution in [2.24, 2.45) is 17.3 Å². The van der Waals surface area contributed by atoms with Crippen LogP contribution in [0.25, 0.3) is 10.9 Å². The molecule has 14 nitrogen and oxygen atoms in total. The van der Waals surface area contributed by atoms with E-state index in [4.69, 9.17) is 22.3 Å². The lowest BCUT2D eigenvalue weighted by atomic mass is 9.65. The number of piperidine rings is 1. The number of alkyl halides is 3. The smallest absolute Gasteiger partial charge is 0.399 e. The molecule has 5 fully saturated rings. The number of nitrogen functional groups attached to an aromatic ring is 1. The molecule has 3 saturated heterocycles. The maximum absolute atomic E-state index is 13.8. The van der Waals surface area contributed by atoms with Gasteiger partial charge in [0.25, 0.3) is 5.91 Å². The third-order valence-corrected chi connectivity index (χ3v) is 15.7. The molecule has 2 aromatic carbocycles. The summed E-state index contributed by atoms with van der Waals surface area (Å²) in [5.74, 6) is 1.65. The molecule has 5 aliphatic rings. The Bertz CT molecular complexity index is 2560. The number of urea groups is 1. The van der Waals surface area contributed by atoms with Crippen molar-refractivity contribution >= 4 is 63.4 Å². The number of amides is 5. The predicted octanol–water partition coefficient (Wildman–Crippen LogP) is 8.74. The van der Waals surface area contributed by atoms with Gasteiger partial charge in [-0.05, 0) is 137 Å². The number of rotatable bonds is 9. The number of likely N-dealkylation sites (tertiary alicyclic amines) is 1. The third-order valence-electron chi connectivity index (χ3n) is 15.4. The maximum Gasteiger partial charge on any atom is 0.416 e. The van der Waals surface area contributed by atoms with Crippen molar-refractivity contribution in [1.82, 2.24) is 35.0 Å². The van der Waals surface area contributed by atoms with Crippen LogP contribution in [0.15, 0.2) is 48.7 Å². The van der Waals surface area contributed by atoms with E-state index in [1.165, 1.54) is 23.8 Å². The van der Waals surface area contributed by atoms with Crippen LogP contribution in [0, 0.1) is 24.2 Å². The van der Waals surface area contributed by atoms with Crippen LogP contribution < -0.4 is 21.3 Å². The SMILES string of the molecule is Cc1nc(N[C@H](C)c2cc(N)cc(C(F)(F)F)c2)c2cc(C3CCC(C(=O)N4CCN(CC5CCC6(CC5)CCN(C(=O)c5ccc(Cl)c(N7CCC(=O)NC7=O)c5)CC6)CC4)CC3)ncc2n1. The highest BCUT2D eigenvalue weighted by molar-refractivity contribution is 6.34. The van der Waals surface area contributed by atoms with Crippen molar-refractivity contribution in [1.29, 1.82) is 0 Å². The summed E-state index contributed by atoms with van der Waals surface area (Å²) in [6.07, 6.45) is 7.23. The summed E-state index contributed by atoms with van der Waals surface area (Å²) >= 11 is 6.44. The van der Waals surface area contributed by atoms with E-state index in [2.05, 4.69) is 30.4 Å². The first-order valence-electron chi connectivity index (χ1n) is 24.1. The summed E-state index contributed by atoms with van der Waals surface area (Å²) in [6.45, 7) is 9.44. The van der Waals surface area contributed by atoms with Crippen LogP contribution in [0.4, 0.5) is 35.2 Å². The lowest BCUT2D eigenvalue weighted by molar-refractivity contribution is -0.139. The highest BCUT2D eigenvalue weighted by atomic mass is 35.5. The monoisotopic (exact) mass is 956 g/mol. The van der Waals surface area contributed by atoms with Gasteiger partial charge in [-0.25, -0.2) is 14.8 Å². The van der Waals surface area contributed by atoms with E-state index < -0.39 is 23.8 Å². The number of piperazine rings is 1. The Morgan fingerprint density at radius 2 is 1.62 bits per heavy atom. The zero-order valence-electron chi connectivity index (χ0n) is 38.7. The largest absolute Gasteiger partial charge is 0.416 e. The van der Waals surface area contributed by atoms with E-state index >= 15 is 0 Å². The molecule has 5 heterocycles. The van der Waals surface area contributed by atoms with E-state index in [9.17, 15) is 32.3 Å². The fourth-order valence-corrected chi connectivity index (χ4v) is 11.5. The normalized spacial score (nSPS) is 22.4. The molecule has 0 radical (unpaired) electrons. The van der Waals surface area contributed by atoms with Crippen molar-refractivity contribution in [3.05, 3.63) is 81.9 Å². The number of carbonyl (C=O) groups is 4.